The van der Waals surface area contributed by atoms with Crippen LogP contribution in [0, 0.1) is 0 Å². The van der Waals surface area contributed by atoms with E-state index in [-0.39, 0.29) is 5.91 Å². The van der Waals surface area contributed by atoms with Crippen molar-refractivity contribution in [1.82, 2.24) is 14.9 Å². The van der Waals surface area contributed by atoms with Crippen molar-refractivity contribution in [2.24, 2.45) is 0 Å². The Hall–Kier alpha value is -2.82. The molecule has 0 radical (unpaired) electrons. The van der Waals surface area contributed by atoms with E-state index in [0.29, 0.717) is 18.1 Å². The molecule has 0 spiro atoms. The van der Waals surface area contributed by atoms with E-state index in [1.165, 1.54) is 0 Å². The van der Waals surface area contributed by atoms with Crippen LogP contribution >= 0.6 is 0 Å². The minimum Gasteiger partial charge on any atom is -0.481 e. The quantitative estimate of drug-likeness (QED) is 0.788. The fraction of sp³-hybridized carbons (Fsp3) is 0.222. The van der Waals surface area contributed by atoms with Crippen LogP contribution in [0.1, 0.15) is 23.0 Å². The molecule has 5 heteroatoms. The zero-order chi connectivity index (χ0) is 16.2. The lowest BCUT2D eigenvalue weighted by Crippen LogP contribution is -2.25. The van der Waals surface area contributed by atoms with Crippen LogP contribution in [0.15, 0.2) is 48.7 Å². The smallest absolute Gasteiger partial charge is 0.268 e. The number of fused-ring (bicyclic) bond motifs is 1. The van der Waals surface area contributed by atoms with Crippen molar-refractivity contribution in [3.05, 3.63) is 59.9 Å². The van der Waals surface area contributed by atoms with Gasteiger partial charge in [0.15, 0.2) is 0 Å². The highest BCUT2D eigenvalue weighted by Gasteiger charge is 2.14. The van der Waals surface area contributed by atoms with Gasteiger partial charge in [0.2, 0.25) is 5.88 Å². The molecule has 1 amide bonds. The molecule has 3 aromatic rings. The van der Waals surface area contributed by atoms with Gasteiger partial charge in [0.25, 0.3) is 5.91 Å². The van der Waals surface area contributed by atoms with E-state index in [1.54, 1.807) is 13.3 Å². The normalized spacial score (nSPS) is 10.7. The second-order valence-corrected chi connectivity index (χ2v) is 5.22. The average molecular weight is 309 g/mol. The molecule has 5 nitrogen and oxygen atoms in total. The van der Waals surface area contributed by atoms with Crippen LogP contribution in [0.5, 0.6) is 5.88 Å². The van der Waals surface area contributed by atoms with Gasteiger partial charge in [-0.15, -0.1) is 0 Å². The number of carbonyl (C=O) groups excluding carboxylic acids is 1. The lowest BCUT2D eigenvalue weighted by atomic mass is 10.2. The number of methoxy groups -OCH3 is 1. The maximum absolute atomic E-state index is 12.5. The van der Waals surface area contributed by atoms with Gasteiger partial charge in [-0.3, -0.25) is 4.79 Å². The number of hydrogen-bond acceptors (Lipinski definition) is 3. The van der Waals surface area contributed by atoms with Crippen molar-refractivity contribution in [2.75, 3.05) is 7.11 Å². The highest BCUT2D eigenvalue weighted by atomic mass is 16.5. The number of hydrogen-bond donors (Lipinski definition) is 1. The predicted octanol–water partition coefficient (Wildman–Crippen LogP) is 2.99. The number of nitrogens with one attached hydrogen (secondary N) is 1. The molecule has 1 aromatic carbocycles. The number of nitrogens with zero attached hydrogens (tertiary/aromatic N) is 2. The number of benzene rings is 1. The van der Waals surface area contributed by atoms with Gasteiger partial charge in [-0.05, 0) is 30.7 Å². The van der Waals surface area contributed by atoms with Crippen molar-refractivity contribution >= 4 is 16.8 Å². The van der Waals surface area contributed by atoms with E-state index in [9.17, 15) is 4.79 Å². The molecule has 3 rings (SSSR count). The minimum atomic E-state index is -0.0844. The van der Waals surface area contributed by atoms with Gasteiger partial charge in [-0.2, -0.15) is 0 Å². The monoisotopic (exact) mass is 309 g/mol. The van der Waals surface area contributed by atoms with Crippen molar-refractivity contribution in [2.45, 2.75) is 20.0 Å². The lowest BCUT2D eigenvalue weighted by Gasteiger charge is -2.09. The summed E-state index contributed by atoms with van der Waals surface area (Å²) in [5, 5.41) is 4.03. The Morgan fingerprint density at radius 2 is 2.09 bits per heavy atom. The third-order valence-electron chi connectivity index (χ3n) is 3.82. The molecule has 0 saturated heterocycles. The molecule has 0 aliphatic heterocycles. The maximum atomic E-state index is 12.5. The number of ether oxygens (including phenoxy) is 1. The Morgan fingerprint density at radius 3 is 2.87 bits per heavy atom. The summed E-state index contributed by atoms with van der Waals surface area (Å²) in [6.07, 6.45) is 1.67. The first-order valence-corrected chi connectivity index (χ1v) is 7.58. The molecule has 0 saturated carbocycles. The molecule has 1 N–H and O–H groups in total. The predicted molar refractivity (Wildman–Crippen MR) is 89.6 cm³/mol. The lowest BCUT2D eigenvalue weighted by molar-refractivity contribution is 0.0942. The fourth-order valence-electron chi connectivity index (χ4n) is 2.68. The van der Waals surface area contributed by atoms with E-state index in [2.05, 4.69) is 10.3 Å². The van der Waals surface area contributed by atoms with Gasteiger partial charge >= 0.3 is 0 Å². The van der Waals surface area contributed by atoms with Crippen LogP contribution in [0.2, 0.25) is 0 Å². The van der Waals surface area contributed by atoms with Crippen LogP contribution in [-0.4, -0.2) is 22.6 Å². The second kappa shape index (κ2) is 6.52. The number of aryl methyl sites for hydroxylation is 1. The molecule has 0 aliphatic carbocycles. The Labute approximate surface area is 134 Å². The number of pyridine rings is 1. The number of aromatic nitrogens is 2. The van der Waals surface area contributed by atoms with E-state index in [0.717, 1.165) is 23.0 Å². The summed E-state index contributed by atoms with van der Waals surface area (Å²) in [4.78, 5) is 16.6. The first-order chi connectivity index (χ1) is 11.2. The van der Waals surface area contributed by atoms with Gasteiger partial charge in [-0.25, -0.2) is 4.98 Å². The highest BCUT2D eigenvalue weighted by Crippen LogP contribution is 2.20. The molecule has 2 aromatic heterocycles. The summed E-state index contributed by atoms with van der Waals surface area (Å²) < 4.78 is 7.12. The molecular formula is C18H19N3O2. The highest BCUT2D eigenvalue weighted by molar-refractivity contribution is 5.98. The topological polar surface area (TPSA) is 56.2 Å². The Morgan fingerprint density at radius 1 is 1.26 bits per heavy atom. The third kappa shape index (κ3) is 3.04. The first kappa shape index (κ1) is 15.1. The molecule has 0 bridgehead atoms. The van der Waals surface area contributed by atoms with Crippen molar-refractivity contribution in [3.8, 4) is 5.88 Å². The van der Waals surface area contributed by atoms with E-state index >= 15 is 0 Å². The standard InChI is InChI=1S/C18H19N3O2/c1-3-21-15-7-5-4-6-14(15)11-16(21)18(22)20-12-13-8-9-19-17(10-13)23-2/h4-11H,3,12H2,1-2H3,(H,20,22). The summed E-state index contributed by atoms with van der Waals surface area (Å²) in [7, 11) is 1.57. The van der Waals surface area contributed by atoms with Crippen LogP contribution in [0.4, 0.5) is 0 Å². The fourth-order valence-corrected chi connectivity index (χ4v) is 2.68. The maximum Gasteiger partial charge on any atom is 0.268 e. The van der Waals surface area contributed by atoms with E-state index in [1.807, 2.05) is 54.0 Å². The van der Waals surface area contributed by atoms with Crippen LogP contribution in [-0.2, 0) is 13.1 Å². The summed E-state index contributed by atoms with van der Waals surface area (Å²) >= 11 is 0. The molecule has 0 fully saturated rings. The zero-order valence-electron chi connectivity index (χ0n) is 13.2. The van der Waals surface area contributed by atoms with Crippen molar-refractivity contribution in [1.29, 1.82) is 0 Å². The second-order valence-electron chi connectivity index (χ2n) is 5.22. The SMILES string of the molecule is CCn1c(C(=O)NCc2ccnc(OC)c2)cc2ccccc21. The van der Waals surface area contributed by atoms with Crippen molar-refractivity contribution < 1.29 is 9.53 Å². The molecule has 0 unspecified atom stereocenters. The van der Waals surface area contributed by atoms with Gasteiger partial charge < -0.3 is 14.6 Å². The number of carbonyl (C=O) groups is 1. The average Bonchev–Trinajstić information content (AvgIpc) is 2.98. The largest absolute Gasteiger partial charge is 0.481 e. The molecule has 0 aliphatic rings. The van der Waals surface area contributed by atoms with Crippen molar-refractivity contribution in [3.63, 3.8) is 0 Å². The van der Waals surface area contributed by atoms with Gasteiger partial charge in [0.05, 0.1) is 7.11 Å². The van der Waals surface area contributed by atoms with E-state index in [4.69, 9.17) is 4.74 Å². The van der Waals surface area contributed by atoms with Gasteiger partial charge in [0.1, 0.15) is 5.69 Å². The summed E-state index contributed by atoms with van der Waals surface area (Å²) in [5.74, 6) is 0.457. The number of amides is 1. The first-order valence-electron chi connectivity index (χ1n) is 7.58. The summed E-state index contributed by atoms with van der Waals surface area (Å²) in [6, 6.07) is 13.6. The minimum absolute atomic E-state index is 0.0844. The number of para-hydroxylation sites is 1. The Kier molecular flexibility index (Phi) is 4.28. The number of rotatable bonds is 5. The van der Waals surface area contributed by atoms with Gasteiger partial charge in [0, 0.05) is 36.3 Å². The van der Waals surface area contributed by atoms with Crippen LogP contribution in [0.25, 0.3) is 10.9 Å². The Balaban J connectivity index is 1.80. The van der Waals surface area contributed by atoms with E-state index < -0.39 is 0 Å². The molecule has 2 heterocycles. The zero-order valence-corrected chi connectivity index (χ0v) is 13.2. The van der Waals surface area contributed by atoms with Crippen LogP contribution in [0.3, 0.4) is 0 Å². The molecule has 23 heavy (non-hydrogen) atoms. The third-order valence-corrected chi connectivity index (χ3v) is 3.82. The molecule has 0 atom stereocenters. The van der Waals surface area contributed by atoms with Crippen LogP contribution < -0.4 is 10.1 Å². The van der Waals surface area contributed by atoms with Gasteiger partial charge in [-0.1, -0.05) is 18.2 Å². The molecular weight excluding hydrogens is 290 g/mol. The Bertz CT molecular complexity index is 839. The summed E-state index contributed by atoms with van der Waals surface area (Å²) in [6.45, 7) is 3.22. The molecule has 118 valence electrons. The summed E-state index contributed by atoms with van der Waals surface area (Å²) in [5.41, 5.74) is 2.70.